The average molecular weight is 273 g/mol. The van der Waals surface area contributed by atoms with Crippen molar-refractivity contribution in [1.29, 1.82) is 0 Å². The maximum absolute atomic E-state index is 13.2. The van der Waals surface area contributed by atoms with Gasteiger partial charge in [-0.05, 0) is 12.1 Å². The van der Waals surface area contributed by atoms with Gasteiger partial charge in [0.05, 0.1) is 12.8 Å². The van der Waals surface area contributed by atoms with E-state index in [1.54, 1.807) is 0 Å². The van der Waals surface area contributed by atoms with Crippen LogP contribution in [0.3, 0.4) is 0 Å². The van der Waals surface area contributed by atoms with Crippen molar-refractivity contribution in [2.45, 2.75) is 13.2 Å². The van der Waals surface area contributed by atoms with Crippen LogP contribution in [0.2, 0.25) is 0 Å². The van der Waals surface area contributed by atoms with Crippen molar-refractivity contribution in [2.24, 2.45) is 0 Å². The van der Waals surface area contributed by atoms with Crippen LogP contribution in [-0.4, -0.2) is 32.3 Å². The lowest BCUT2D eigenvalue weighted by molar-refractivity contribution is -0.153. The molecule has 19 heavy (non-hydrogen) atoms. The second-order valence-corrected chi connectivity index (χ2v) is 3.63. The summed E-state index contributed by atoms with van der Waals surface area (Å²) in [4.78, 5) is 23.9. The quantitative estimate of drug-likeness (QED) is 0.615. The van der Waals surface area contributed by atoms with Crippen LogP contribution >= 0.6 is 0 Å². The first-order valence-electron chi connectivity index (χ1n) is 5.27. The number of hydrogen-bond acceptors (Lipinski definition) is 4. The van der Waals surface area contributed by atoms with Gasteiger partial charge in [-0.25, -0.2) is 13.6 Å². The summed E-state index contributed by atoms with van der Waals surface area (Å²) in [5.41, 5.74) is -0.137. The molecule has 0 bridgehead atoms. The molecular formula is C12H13F2NO4. The minimum Gasteiger partial charge on any atom is -0.466 e. The highest BCUT2D eigenvalue weighted by Crippen LogP contribution is 2.21. The van der Waals surface area contributed by atoms with Crippen LogP contribution in [0.25, 0.3) is 0 Å². The molecule has 1 rings (SSSR count). The van der Waals surface area contributed by atoms with E-state index in [-0.39, 0.29) is 5.69 Å². The summed E-state index contributed by atoms with van der Waals surface area (Å²) >= 11 is 0. The normalized spacial score (nSPS) is 11.8. The fraction of sp³-hybridized carbons (Fsp3) is 0.333. The van der Waals surface area contributed by atoms with Crippen molar-refractivity contribution >= 4 is 17.6 Å². The Morgan fingerprint density at radius 2 is 1.68 bits per heavy atom. The number of carbonyl (C=O) groups is 2. The fourth-order valence-corrected chi connectivity index (χ4v) is 1.57. The molecule has 1 unspecified atom stereocenters. The van der Waals surface area contributed by atoms with Gasteiger partial charge in [0.2, 0.25) is 12.1 Å². The Balaban J connectivity index is 3.26. The van der Waals surface area contributed by atoms with Crippen molar-refractivity contribution in [3.05, 3.63) is 29.8 Å². The molecule has 0 radical (unpaired) electrons. The van der Waals surface area contributed by atoms with Crippen molar-refractivity contribution in [1.82, 2.24) is 0 Å². The molecule has 0 aliphatic heterocycles. The summed E-state index contributed by atoms with van der Waals surface area (Å²) in [6.45, 7) is 1.14. The van der Waals surface area contributed by atoms with Gasteiger partial charge in [0.15, 0.2) is 0 Å². The molecule has 1 aromatic carbocycles. The molecule has 0 N–H and O–H groups in total. The molecule has 0 saturated carbocycles. The van der Waals surface area contributed by atoms with Crippen molar-refractivity contribution in [3.63, 3.8) is 0 Å². The maximum atomic E-state index is 13.2. The lowest BCUT2D eigenvalue weighted by Gasteiger charge is -2.27. The number of benzene rings is 1. The van der Waals surface area contributed by atoms with Gasteiger partial charge in [0, 0.05) is 20.1 Å². The summed E-state index contributed by atoms with van der Waals surface area (Å²) in [6, 6.07) is 2.49. The highest BCUT2D eigenvalue weighted by molar-refractivity contribution is 5.97. The summed E-state index contributed by atoms with van der Waals surface area (Å²) in [6.07, 6.45) is -1.41. The number of anilines is 1. The number of rotatable bonds is 4. The van der Waals surface area contributed by atoms with Gasteiger partial charge < -0.3 is 9.47 Å². The highest BCUT2D eigenvalue weighted by atomic mass is 19.1. The summed E-state index contributed by atoms with van der Waals surface area (Å²) < 4.78 is 35.7. The van der Waals surface area contributed by atoms with E-state index in [0.29, 0.717) is 6.07 Å². The molecule has 1 atom stereocenters. The van der Waals surface area contributed by atoms with Crippen LogP contribution < -0.4 is 4.90 Å². The number of esters is 1. The monoisotopic (exact) mass is 273 g/mol. The zero-order valence-electron chi connectivity index (χ0n) is 10.6. The largest absolute Gasteiger partial charge is 0.466 e. The minimum absolute atomic E-state index is 0.137. The predicted molar refractivity (Wildman–Crippen MR) is 62.3 cm³/mol. The molecule has 0 fully saturated rings. The number of amides is 1. The van der Waals surface area contributed by atoms with E-state index in [4.69, 9.17) is 4.74 Å². The number of ether oxygens (including phenoxy) is 2. The number of nitrogens with zero attached hydrogens (tertiary/aromatic N) is 1. The third-order valence-electron chi connectivity index (χ3n) is 2.33. The number of methoxy groups -OCH3 is 2. The van der Waals surface area contributed by atoms with E-state index in [1.807, 2.05) is 0 Å². The molecule has 0 saturated heterocycles. The molecule has 0 aromatic heterocycles. The average Bonchev–Trinajstić information content (AvgIpc) is 2.32. The molecule has 5 nitrogen and oxygen atoms in total. The third kappa shape index (κ3) is 3.47. The van der Waals surface area contributed by atoms with E-state index >= 15 is 0 Å². The molecule has 0 heterocycles. The number of halogens is 2. The smallest absolute Gasteiger partial charge is 0.356 e. The van der Waals surface area contributed by atoms with Crippen LogP contribution in [0.1, 0.15) is 6.92 Å². The lowest BCUT2D eigenvalue weighted by Crippen LogP contribution is -2.46. The first-order chi connectivity index (χ1) is 8.90. The molecule has 0 spiro atoms. The molecular weight excluding hydrogens is 260 g/mol. The van der Waals surface area contributed by atoms with Crippen LogP contribution in [0.4, 0.5) is 14.5 Å². The second kappa shape index (κ2) is 6.24. The zero-order chi connectivity index (χ0) is 14.6. The molecule has 1 amide bonds. The van der Waals surface area contributed by atoms with Crippen LogP contribution in [0.15, 0.2) is 18.2 Å². The summed E-state index contributed by atoms with van der Waals surface area (Å²) in [5, 5.41) is 0. The number of carbonyl (C=O) groups excluding carboxylic acids is 2. The number of hydrogen-bond donors (Lipinski definition) is 0. The Morgan fingerprint density at radius 3 is 2.05 bits per heavy atom. The van der Waals surface area contributed by atoms with Gasteiger partial charge in [-0.3, -0.25) is 9.69 Å². The Bertz CT molecular complexity index is 472. The Labute approximate surface area is 108 Å². The van der Waals surface area contributed by atoms with Gasteiger partial charge >= 0.3 is 5.97 Å². The molecule has 104 valence electrons. The summed E-state index contributed by atoms with van der Waals surface area (Å²) in [7, 11) is 2.28. The zero-order valence-corrected chi connectivity index (χ0v) is 10.6. The predicted octanol–water partition coefficient (Wildman–Crippen LogP) is 1.46. The van der Waals surface area contributed by atoms with Gasteiger partial charge in [-0.1, -0.05) is 0 Å². The van der Waals surface area contributed by atoms with E-state index in [0.717, 1.165) is 31.1 Å². The first-order valence-corrected chi connectivity index (χ1v) is 5.27. The minimum atomic E-state index is -1.41. The van der Waals surface area contributed by atoms with Crippen LogP contribution in [0, 0.1) is 11.6 Å². The molecule has 0 aliphatic rings. The van der Waals surface area contributed by atoms with Gasteiger partial charge in [-0.15, -0.1) is 0 Å². The van der Waals surface area contributed by atoms with E-state index in [9.17, 15) is 18.4 Å². The van der Waals surface area contributed by atoms with Crippen molar-refractivity contribution in [3.8, 4) is 0 Å². The van der Waals surface area contributed by atoms with E-state index in [2.05, 4.69) is 4.74 Å². The fourth-order valence-electron chi connectivity index (χ4n) is 1.57. The van der Waals surface area contributed by atoms with Crippen molar-refractivity contribution in [2.75, 3.05) is 19.1 Å². The third-order valence-corrected chi connectivity index (χ3v) is 2.33. The summed E-state index contributed by atoms with van der Waals surface area (Å²) in [5.74, 6) is -3.23. The Hall–Kier alpha value is -2.02. The van der Waals surface area contributed by atoms with Crippen LogP contribution in [-0.2, 0) is 19.1 Å². The second-order valence-electron chi connectivity index (χ2n) is 3.63. The van der Waals surface area contributed by atoms with Crippen LogP contribution in [0.5, 0.6) is 0 Å². The lowest BCUT2D eigenvalue weighted by atomic mass is 10.2. The molecule has 1 aromatic rings. The first kappa shape index (κ1) is 15.0. The van der Waals surface area contributed by atoms with Gasteiger partial charge in [0.1, 0.15) is 11.6 Å². The van der Waals surface area contributed by atoms with Gasteiger partial charge in [-0.2, -0.15) is 0 Å². The Kier molecular flexibility index (Phi) is 4.94. The SMILES string of the molecule is COC(=O)C(OC)N(C(C)=O)c1cc(F)cc(F)c1. The van der Waals surface area contributed by atoms with E-state index < -0.39 is 29.7 Å². The molecule has 0 aliphatic carbocycles. The van der Waals surface area contributed by atoms with Gasteiger partial charge in [0.25, 0.3) is 0 Å². The van der Waals surface area contributed by atoms with Crippen molar-refractivity contribution < 1.29 is 27.8 Å². The molecule has 7 heteroatoms. The Morgan fingerprint density at radius 1 is 1.16 bits per heavy atom. The standard InChI is InChI=1S/C12H13F2NO4/c1-7(16)15(11(18-2)12(17)19-3)10-5-8(13)4-9(14)6-10/h4-6,11H,1-3H3. The maximum Gasteiger partial charge on any atom is 0.356 e. The highest BCUT2D eigenvalue weighted by Gasteiger charge is 2.30. The van der Waals surface area contributed by atoms with E-state index in [1.165, 1.54) is 7.11 Å². The topological polar surface area (TPSA) is 55.8 Å².